The van der Waals surface area contributed by atoms with Crippen LogP contribution in [0.3, 0.4) is 0 Å². The second-order valence-electron chi connectivity index (χ2n) is 1.80. The summed E-state index contributed by atoms with van der Waals surface area (Å²) in [5, 5.41) is 8.00. The van der Waals surface area contributed by atoms with Gasteiger partial charge in [0.15, 0.2) is 0 Å². The van der Waals surface area contributed by atoms with Gasteiger partial charge >= 0.3 is 0 Å². The average Bonchev–Trinajstić information content (AvgIpc) is 2.44. The van der Waals surface area contributed by atoms with Crippen molar-refractivity contribution >= 4 is 0 Å². The van der Waals surface area contributed by atoms with Gasteiger partial charge in [-0.3, -0.25) is 6.08 Å². The van der Waals surface area contributed by atoms with Gasteiger partial charge in [-0.05, 0) is 6.42 Å². The third kappa shape index (κ3) is 48.1. The van der Waals surface area contributed by atoms with Crippen LogP contribution in [0.15, 0.2) is 30.9 Å². The first-order valence-electron chi connectivity index (χ1n) is 3.35. The first-order chi connectivity index (χ1) is 4.91. The molecule has 0 aromatic heterocycles. The molecule has 100 valence electrons. The van der Waals surface area contributed by atoms with E-state index < -0.39 is 0 Å². The van der Waals surface area contributed by atoms with Gasteiger partial charge in [0.2, 0.25) is 0 Å². The molecule has 0 aromatic carbocycles. The predicted octanol–water partition coefficient (Wildman–Crippen LogP) is 4.11. The Hall–Kier alpha value is 0.0631. The minimum atomic E-state index is 0. The molecule has 1 N–H and O–H groups in total. The van der Waals surface area contributed by atoms with Crippen molar-refractivity contribution in [3.63, 3.8) is 0 Å². The van der Waals surface area contributed by atoms with Crippen molar-refractivity contribution in [1.82, 2.24) is 0 Å². The molecule has 0 bridgehead atoms. The Morgan fingerprint density at radius 3 is 1.75 bits per heavy atom. The molecule has 0 amide bonds. The van der Waals surface area contributed by atoms with Crippen molar-refractivity contribution in [3.05, 3.63) is 74.1 Å². The molecule has 0 heterocycles. The van der Waals surface area contributed by atoms with Gasteiger partial charge in [-0.15, -0.1) is 13.0 Å². The Balaban J connectivity index is -0.0000000147. The molecule has 0 spiro atoms. The molecule has 0 saturated heterocycles. The van der Waals surface area contributed by atoms with E-state index in [2.05, 4.69) is 18.7 Å². The number of hydrogen-bond donors (Lipinski definition) is 1. The van der Waals surface area contributed by atoms with Gasteiger partial charge in [0.1, 0.15) is 0 Å². The molecular formula is C14H28OZr-6. The zero-order valence-electron chi connectivity index (χ0n) is 11.6. The van der Waals surface area contributed by atoms with E-state index in [1.807, 2.05) is 12.2 Å². The van der Waals surface area contributed by atoms with E-state index >= 15 is 0 Å². The van der Waals surface area contributed by atoms with Crippen LogP contribution in [0, 0.1) is 43.2 Å². The van der Waals surface area contributed by atoms with Gasteiger partial charge in [-0.25, -0.2) is 12.2 Å². The van der Waals surface area contributed by atoms with E-state index in [0.29, 0.717) is 6.42 Å². The number of allylic oxidation sites excluding steroid dienone is 4. The minimum Gasteiger partial charge on any atom is -0.396 e. The van der Waals surface area contributed by atoms with Crippen LogP contribution in [0.1, 0.15) is 12.8 Å². The Morgan fingerprint density at radius 1 is 1.19 bits per heavy atom. The van der Waals surface area contributed by atoms with Crippen LogP contribution in [0.5, 0.6) is 0 Å². The molecule has 1 rings (SSSR count). The van der Waals surface area contributed by atoms with Crippen LogP contribution in [-0.4, -0.2) is 11.7 Å². The fraction of sp³-hybridized carbons (Fsp3) is 0.214. The Kier molecular flexibility index (Phi) is 127. The molecule has 1 aliphatic rings. The fourth-order valence-electron chi connectivity index (χ4n) is 0.431. The van der Waals surface area contributed by atoms with E-state index in [4.69, 9.17) is 5.11 Å². The molecule has 0 saturated carbocycles. The number of aliphatic hydroxyl groups excluding tert-OH is 1. The summed E-state index contributed by atoms with van der Waals surface area (Å²) >= 11 is 0. The Bertz CT molecular complexity index is 119. The summed E-state index contributed by atoms with van der Waals surface area (Å²) < 4.78 is 0. The normalized spacial score (nSPS) is 7.81. The van der Waals surface area contributed by atoms with Crippen molar-refractivity contribution in [3.8, 4) is 0 Å². The molecule has 0 unspecified atom stereocenters. The Labute approximate surface area is 124 Å². The molecule has 1 aliphatic carbocycles. The maximum absolute atomic E-state index is 8.00. The summed E-state index contributed by atoms with van der Waals surface area (Å²) in [5.74, 6) is 0. The molecule has 0 radical (unpaired) electrons. The first kappa shape index (κ1) is 44.4. The molecular weight excluding hydrogens is 275 g/mol. The fourth-order valence-corrected chi connectivity index (χ4v) is 0.431. The van der Waals surface area contributed by atoms with Crippen molar-refractivity contribution < 1.29 is 31.3 Å². The summed E-state index contributed by atoms with van der Waals surface area (Å²) in [6.07, 6.45) is 12.4. The summed E-state index contributed by atoms with van der Waals surface area (Å²) in [5.41, 5.74) is 0. The third-order valence-electron chi connectivity index (χ3n) is 0.919. The van der Waals surface area contributed by atoms with Crippen molar-refractivity contribution in [2.75, 3.05) is 6.61 Å². The van der Waals surface area contributed by atoms with E-state index in [1.165, 1.54) is 0 Å². The van der Waals surface area contributed by atoms with Crippen molar-refractivity contribution in [1.29, 1.82) is 0 Å². The standard InChI is InChI=1S/C5H5.C4H8O.5CH3.Zr/c1-2-4-5-3-1;1-2-3-4-5;;;;;;/h1-3H,4H2;2,5H,1,3-4H2;5*1H3;/q-1;;5*-1;. The second kappa shape index (κ2) is 45.8. The maximum atomic E-state index is 8.00. The van der Waals surface area contributed by atoms with Gasteiger partial charge in [0.25, 0.3) is 0 Å². The average molecular weight is 304 g/mol. The van der Waals surface area contributed by atoms with Gasteiger partial charge in [-0.2, -0.15) is 6.08 Å². The number of rotatable bonds is 2. The minimum absolute atomic E-state index is 0. The van der Waals surface area contributed by atoms with Crippen molar-refractivity contribution in [2.24, 2.45) is 0 Å². The molecule has 0 aromatic rings. The summed E-state index contributed by atoms with van der Waals surface area (Å²) in [6, 6.07) is 0. The van der Waals surface area contributed by atoms with E-state index in [9.17, 15) is 0 Å². The summed E-state index contributed by atoms with van der Waals surface area (Å²) in [7, 11) is 0. The van der Waals surface area contributed by atoms with Crippen LogP contribution >= 0.6 is 0 Å². The quantitative estimate of drug-likeness (QED) is 0.601. The molecule has 2 heteroatoms. The molecule has 16 heavy (non-hydrogen) atoms. The largest absolute Gasteiger partial charge is 0.396 e. The first-order valence-corrected chi connectivity index (χ1v) is 3.35. The number of aliphatic hydroxyl groups is 1. The van der Waals surface area contributed by atoms with Crippen LogP contribution < -0.4 is 0 Å². The summed E-state index contributed by atoms with van der Waals surface area (Å²) in [6.45, 7) is 3.62. The van der Waals surface area contributed by atoms with E-state index in [1.54, 1.807) is 6.08 Å². The number of hydrogen-bond acceptors (Lipinski definition) is 1. The van der Waals surface area contributed by atoms with Gasteiger partial charge < -0.3 is 42.2 Å². The monoisotopic (exact) mass is 302 g/mol. The van der Waals surface area contributed by atoms with Gasteiger partial charge in [-0.1, -0.05) is 6.08 Å². The topological polar surface area (TPSA) is 20.2 Å². The molecule has 1 nitrogen and oxygen atoms in total. The van der Waals surface area contributed by atoms with Gasteiger partial charge in [0, 0.05) is 32.8 Å². The zero-order valence-corrected chi connectivity index (χ0v) is 14.0. The zero-order chi connectivity index (χ0) is 7.66. The van der Waals surface area contributed by atoms with Crippen molar-refractivity contribution in [2.45, 2.75) is 12.8 Å². The maximum Gasteiger partial charge on any atom is 0.0465 e. The predicted molar refractivity (Wildman–Crippen MR) is 75.5 cm³/mol. The SMILES string of the molecule is C=CCCO.[C-]1=CC=CC1.[CH3-].[CH3-].[CH3-].[CH3-].[CH3-].[Zr]. The van der Waals surface area contributed by atoms with Crippen LogP contribution in [0.4, 0.5) is 0 Å². The van der Waals surface area contributed by atoms with Gasteiger partial charge in [0.05, 0.1) is 0 Å². The smallest absolute Gasteiger partial charge is 0.0465 e. The summed E-state index contributed by atoms with van der Waals surface area (Å²) in [4.78, 5) is 0. The third-order valence-corrected chi connectivity index (χ3v) is 0.919. The second-order valence-corrected chi connectivity index (χ2v) is 1.80. The molecule has 0 aliphatic heterocycles. The van der Waals surface area contributed by atoms with Crippen LogP contribution in [0.2, 0.25) is 0 Å². The molecule has 0 fully saturated rings. The van der Waals surface area contributed by atoms with Crippen LogP contribution in [0.25, 0.3) is 0 Å². The molecule has 0 atom stereocenters. The van der Waals surface area contributed by atoms with E-state index in [0.717, 1.165) is 6.42 Å². The Morgan fingerprint density at radius 2 is 1.69 bits per heavy atom. The van der Waals surface area contributed by atoms with E-state index in [-0.39, 0.29) is 69.9 Å². The van der Waals surface area contributed by atoms with Crippen LogP contribution in [-0.2, 0) is 26.2 Å².